The van der Waals surface area contributed by atoms with E-state index >= 15 is 0 Å². The van der Waals surface area contributed by atoms with Gasteiger partial charge in [-0.1, -0.05) is 6.07 Å². The maximum atomic E-state index is 9.73. The first kappa shape index (κ1) is 13.7. The Labute approximate surface area is 132 Å². The third-order valence-electron chi connectivity index (χ3n) is 3.93. The summed E-state index contributed by atoms with van der Waals surface area (Å²) < 4.78 is 6.61. The van der Waals surface area contributed by atoms with Gasteiger partial charge in [0.05, 0.1) is 7.11 Å². The summed E-state index contributed by atoms with van der Waals surface area (Å²) in [6.07, 6.45) is 2.29. The van der Waals surface area contributed by atoms with Gasteiger partial charge in [0.2, 0.25) is 0 Å². The van der Waals surface area contributed by atoms with Gasteiger partial charge in [-0.2, -0.15) is 0 Å². The van der Waals surface area contributed by atoms with Crippen LogP contribution in [0.4, 0.5) is 5.82 Å². The molecule has 1 fully saturated rings. The molecule has 4 rings (SSSR count). The van der Waals surface area contributed by atoms with Crippen molar-refractivity contribution in [3.8, 4) is 11.5 Å². The van der Waals surface area contributed by atoms with Crippen molar-refractivity contribution in [2.75, 3.05) is 12.0 Å². The highest BCUT2D eigenvalue weighted by Crippen LogP contribution is 2.33. The Morgan fingerprint density at radius 3 is 2.96 bits per heavy atom. The van der Waals surface area contributed by atoms with Gasteiger partial charge in [-0.25, -0.2) is 0 Å². The first-order valence-corrected chi connectivity index (χ1v) is 7.42. The molecular weight excluding hydrogens is 296 g/mol. The van der Waals surface area contributed by atoms with Crippen LogP contribution in [0.2, 0.25) is 0 Å². The molecule has 0 radical (unpaired) electrons. The lowest BCUT2D eigenvalue weighted by atomic mass is 10.2. The molecule has 0 unspecified atom stereocenters. The van der Waals surface area contributed by atoms with Gasteiger partial charge in [-0.3, -0.25) is 0 Å². The van der Waals surface area contributed by atoms with Gasteiger partial charge in [-0.15, -0.1) is 14.8 Å². The molecular formula is C15H16N6O2. The summed E-state index contributed by atoms with van der Waals surface area (Å²) in [5.41, 5.74) is 1.67. The second-order valence-electron chi connectivity index (χ2n) is 5.58. The van der Waals surface area contributed by atoms with Crippen molar-refractivity contribution >= 4 is 11.5 Å². The first-order chi connectivity index (χ1) is 11.2. The summed E-state index contributed by atoms with van der Waals surface area (Å²) in [5.74, 6) is 1.45. The molecule has 1 aliphatic carbocycles. The van der Waals surface area contributed by atoms with E-state index < -0.39 is 0 Å². The fourth-order valence-electron chi connectivity index (χ4n) is 2.59. The number of phenols is 1. The molecule has 0 aliphatic heterocycles. The van der Waals surface area contributed by atoms with Crippen LogP contribution in [-0.2, 0) is 6.54 Å². The summed E-state index contributed by atoms with van der Waals surface area (Å²) in [4.78, 5) is 2.23. The van der Waals surface area contributed by atoms with Crippen LogP contribution in [0.3, 0.4) is 0 Å². The Hall–Kier alpha value is -2.90. The third kappa shape index (κ3) is 2.63. The Balaban J connectivity index is 1.65. The lowest BCUT2D eigenvalue weighted by Crippen LogP contribution is -2.26. The molecule has 1 saturated carbocycles. The average molecular weight is 312 g/mol. The van der Waals surface area contributed by atoms with Crippen LogP contribution in [0, 0.1) is 0 Å². The molecule has 0 saturated heterocycles. The molecule has 2 heterocycles. The number of anilines is 1. The Morgan fingerprint density at radius 2 is 2.17 bits per heavy atom. The van der Waals surface area contributed by atoms with Crippen molar-refractivity contribution in [1.29, 1.82) is 0 Å². The second-order valence-corrected chi connectivity index (χ2v) is 5.58. The van der Waals surface area contributed by atoms with Crippen molar-refractivity contribution in [2.45, 2.75) is 25.4 Å². The number of benzene rings is 1. The molecule has 0 atom stereocenters. The fourth-order valence-corrected chi connectivity index (χ4v) is 2.59. The zero-order valence-electron chi connectivity index (χ0n) is 12.6. The normalized spacial score (nSPS) is 14.1. The topological polar surface area (TPSA) is 88.7 Å². The van der Waals surface area contributed by atoms with Gasteiger partial charge in [0.25, 0.3) is 0 Å². The van der Waals surface area contributed by atoms with Gasteiger partial charge in [0.15, 0.2) is 23.0 Å². The molecule has 1 aromatic carbocycles. The molecule has 2 aromatic heterocycles. The quantitative estimate of drug-likeness (QED) is 0.761. The number of aromatic nitrogens is 5. The van der Waals surface area contributed by atoms with Crippen molar-refractivity contribution in [1.82, 2.24) is 25.3 Å². The minimum atomic E-state index is 0.141. The number of hydrogen-bond donors (Lipinski definition) is 1. The second kappa shape index (κ2) is 5.38. The molecule has 8 heteroatoms. The fraction of sp³-hybridized carbons (Fsp3) is 0.333. The molecule has 8 nitrogen and oxygen atoms in total. The predicted octanol–water partition coefficient (Wildman–Crippen LogP) is 1.40. The van der Waals surface area contributed by atoms with Crippen LogP contribution in [-0.4, -0.2) is 43.5 Å². The van der Waals surface area contributed by atoms with E-state index in [2.05, 4.69) is 25.5 Å². The number of nitrogens with zero attached hydrogens (tertiary/aromatic N) is 6. The SMILES string of the molecule is COc1cc(CN(c2ccc3nnnn3n2)C2CC2)ccc1O. The Kier molecular flexibility index (Phi) is 3.22. The van der Waals surface area contributed by atoms with Gasteiger partial charge >= 0.3 is 0 Å². The molecule has 118 valence electrons. The number of phenolic OH excluding ortho intramolecular Hbond substituents is 1. The summed E-state index contributed by atoms with van der Waals surface area (Å²) in [5, 5.41) is 25.5. The lowest BCUT2D eigenvalue weighted by Gasteiger charge is -2.23. The number of tetrazole rings is 1. The maximum absolute atomic E-state index is 9.73. The smallest absolute Gasteiger partial charge is 0.200 e. The van der Waals surface area contributed by atoms with E-state index in [0.29, 0.717) is 24.0 Å². The monoisotopic (exact) mass is 312 g/mol. The van der Waals surface area contributed by atoms with Crippen LogP contribution < -0.4 is 9.64 Å². The van der Waals surface area contributed by atoms with Crippen molar-refractivity contribution < 1.29 is 9.84 Å². The van der Waals surface area contributed by atoms with Crippen molar-refractivity contribution in [3.05, 3.63) is 35.9 Å². The van der Waals surface area contributed by atoms with Gasteiger partial charge in [0, 0.05) is 12.6 Å². The molecule has 23 heavy (non-hydrogen) atoms. The molecule has 1 aliphatic rings. The van der Waals surface area contributed by atoms with Crippen LogP contribution >= 0.6 is 0 Å². The number of fused-ring (bicyclic) bond motifs is 1. The number of methoxy groups -OCH3 is 1. The van der Waals surface area contributed by atoms with Crippen LogP contribution in [0.5, 0.6) is 11.5 Å². The van der Waals surface area contributed by atoms with Crippen LogP contribution in [0.1, 0.15) is 18.4 Å². The number of ether oxygens (including phenoxy) is 1. The number of hydrogen-bond acceptors (Lipinski definition) is 7. The summed E-state index contributed by atoms with van der Waals surface area (Å²) in [6.45, 7) is 0.682. The summed E-state index contributed by atoms with van der Waals surface area (Å²) in [6, 6.07) is 9.65. The van der Waals surface area contributed by atoms with E-state index in [1.807, 2.05) is 24.3 Å². The molecule has 0 spiro atoms. The van der Waals surface area contributed by atoms with E-state index in [1.54, 1.807) is 13.2 Å². The molecule has 1 N–H and O–H groups in total. The number of aromatic hydroxyl groups is 1. The van der Waals surface area contributed by atoms with Gasteiger partial charge in [0.1, 0.15) is 0 Å². The highest BCUT2D eigenvalue weighted by molar-refractivity contribution is 5.48. The first-order valence-electron chi connectivity index (χ1n) is 7.42. The van der Waals surface area contributed by atoms with Crippen LogP contribution in [0.15, 0.2) is 30.3 Å². The highest BCUT2D eigenvalue weighted by Gasteiger charge is 2.30. The molecule has 0 bridgehead atoms. The Bertz CT molecular complexity index is 845. The molecule has 0 amide bonds. The van der Waals surface area contributed by atoms with Crippen molar-refractivity contribution in [2.24, 2.45) is 0 Å². The van der Waals surface area contributed by atoms with E-state index in [-0.39, 0.29) is 5.75 Å². The van der Waals surface area contributed by atoms with E-state index in [9.17, 15) is 5.11 Å². The highest BCUT2D eigenvalue weighted by atomic mass is 16.5. The van der Waals surface area contributed by atoms with E-state index in [4.69, 9.17) is 4.74 Å². The summed E-state index contributed by atoms with van der Waals surface area (Å²) >= 11 is 0. The van der Waals surface area contributed by atoms with E-state index in [0.717, 1.165) is 24.2 Å². The third-order valence-corrected chi connectivity index (χ3v) is 3.93. The minimum absolute atomic E-state index is 0.141. The van der Waals surface area contributed by atoms with Gasteiger partial charge < -0.3 is 14.7 Å². The Morgan fingerprint density at radius 1 is 1.30 bits per heavy atom. The number of rotatable bonds is 5. The predicted molar refractivity (Wildman–Crippen MR) is 82.4 cm³/mol. The zero-order valence-corrected chi connectivity index (χ0v) is 12.6. The standard InChI is InChI=1S/C15H16N6O2/c1-23-13-8-10(2-5-12(13)22)9-20(11-3-4-11)15-7-6-14-16-18-19-21(14)17-15/h2,5-8,11,22H,3-4,9H2,1H3. The van der Waals surface area contributed by atoms with Crippen molar-refractivity contribution in [3.63, 3.8) is 0 Å². The van der Waals surface area contributed by atoms with E-state index in [1.165, 1.54) is 4.63 Å². The molecule has 3 aromatic rings. The zero-order chi connectivity index (χ0) is 15.8. The largest absolute Gasteiger partial charge is 0.504 e. The maximum Gasteiger partial charge on any atom is 0.200 e. The minimum Gasteiger partial charge on any atom is -0.504 e. The average Bonchev–Trinajstić information content (AvgIpc) is 3.30. The lowest BCUT2D eigenvalue weighted by molar-refractivity contribution is 0.373. The summed E-state index contributed by atoms with van der Waals surface area (Å²) in [7, 11) is 1.55. The van der Waals surface area contributed by atoms with Gasteiger partial charge in [-0.05, 0) is 53.1 Å². The van der Waals surface area contributed by atoms with Crippen LogP contribution in [0.25, 0.3) is 5.65 Å².